The SMILES string of the molecule is CCCCCCCCc1nc2c(C)c(F)c(F)c(-c3ccc(-c4cc(F)c(-c5ccc(-c6c(F)c(F)c(-c7cc8c(-c9cc(Cl)c(CC(CC)CCCC)s9)c9sc(C)cc9c(-c9cc(Cl)c(CC(CC)CCCC)s9)c8s7)c7nc(CCCCCCCC)c(CCCCCCCC)nc67)s5)cc4F)s3)c2nc1CCCCCCCC. The van der Waals surface area contributed by atoms with Gasteiger partial charge >= 0.3 is 0 Å². The van der Waals surface area contributed by atoms with Crippen LogP contribution in [0, 0.1) is 60.6 Å². The van der Waals surface area contributed by atoms with Gasteiger partial charge in [-0.2, -0.15) is 0 Å². The highest BCUT2D eigenvalue weighted by Gasteiger charge is 2.33. The fourth-order valence-corrected chi connectivity index (χ4v) is 24.7. The van der Waals surface area contributed by atoms with Crippen LogP contribution in [-0.2, 0) is 38.5 Å². The van der Waals surface area contributed by atoms with Crippen molar-refractivity contribution >= 4 is 133 Å². The number of halogens is 8. The van der Waals surface area contributed by atoms with E-state index >= 15 is 26.3 Å². The number of hydrogen-bond donors (Lipinski definition) is 0. The molecule has 116 heavy (non-hydrogen) atoms. The van der Waals surface area contributed by atoms with Gasteiger partial charge < -0.3 is 0 Å². The lowest BCUT2D eigenvalue weighted by Gasteiger charge is -2.16. The lowest BCUT2D eigenvalue weighted by atomic mass is 9.95. The van der Waals surface area contributed by atoms with Crippen LogP contribution in [0.1, 0.15) is 304 Å². The Kier molecular flexibility index (Phi) is 33.5. The second-order valence-electron chi connectivity index (χ2n) is 32.6. The summed E-state index contributed by atoms with van der Waals surface area (Å²) < 4.78 is 107. The van der Waals surface area contributed by atoms with Crippen LogP contribution in [0.2, 0.25) is 10.0 Å². The predicted octanol–water partition coefficient (Wildman–Crippen LogP) is 35.8. The molecule has 8 aromatic heterocycles. The van der Waals surface area contributed by atoms with Gasteiger partial charge in [0.25, 0.3) is 0 Å². The van der Waals surface area contributed by atoms with Crippen LogP contribution in [0.3, 0.4) is 0 Å². The third kappa shape index (κ3) is 20.9. The molecule has 18 heteroatoms. The van der Waals surface area contributed by atoms with Gasteiger partial charge in [-0.15, -0.1) is 68.0 Å². The first kappa shape index (κ1) is 89.7. The topological polar surface area (TPSA) is 51.6 Å². The first-order chi connectivity index (χ1) is 56.4. The quantitative estimate of drug-likeness (QED) is 0.0282. The summed E-state index contributed by atoms with van der Waals surface area (Å²) in [6, 6.07) is 17.4. The number of aromatic nitrogens is 4. The van der Waals surface area contributed by atoms with Gasteiger partial charge in [-0.25, -0.2) is 46.3 Å². The maximum atomic E-state index is 18.9. The number of benzene rings is 4. The third-order valence-corrected chi connectivity index (χ3v) is 31.5. The minimum atomic E-state index is -1.10. The van der Waals surface area contributed by atoms with Crippen molar-refractivity contribution in [2.45, 2.75) is 313 Å². The first-order valence-electron chi connectivity index (χ1n) is 44.0. The second-order valence-corrected chi connectivity index (χ2v) is 40.1. The number of thiophene rings is 6. The standard InChI is InChI=1S/C98H118Cl2F6N4S6/c1-11-19-25-29-33-37-43-71-72(44-38-34-30-26-20-12-2)108-94-86(90(104)89(103)60(10)93(94)107-71)77-49-47-75(112-77)63-54-70(102)64(55-69(63)101)76-48-50-78(113-76)87-91(105)92(106)88(96-95(87)109-73(45-39-35-31-27-21-13-3)74(110-96)46-40-36-32-28-22-14-4)81-56-66-85(83-58-68(100)80(115-83)53-62(18-8)42-24-16-6)97-65(51-59(9)111-97)84(98(66)116-81)82-57-67(99)79(114-82)52-61(17-7)41-23-15-5/h47-51,54-58,61-62H,11-46,52-53H2,1-10H3. The molecular formula is C98H118Cl2F6N4S6. The molecule has 8 heterocycles. The molecule has 0 aliphatic heterocycles. The number of hydrogen-bond acceptors (Lipinski definition) is 10. The van der Waals surface area contributed by atoms with Crippen LogP contribution in [0.5, 0.6) is 0 Å². The van der Waals surface area contributed by atoms with Gasteiger partial charge in [-0.3, -0.25) is 0 Å². The zero-order valence-corrected chi connectivity index (χ0v) is 76.5. The summed E-state index contributed by atoms with van der Waals surface area (Å²) in [7, 11) is 0. The number of fused-ring (bicyclic) bond motifs is 4. The maximum absolute atomic E-state index is 18.9. The van der Waals surface area contributed by atoms with Crippen molar-refractivity contribution in [1.29, 1.82) is 0 Å². The van der Waals surface area contributed by atoms with Crippen LogP contribution in [0.4, 0.5) is 26.3 Å². The molecule has 12 rings (SSSR count). The fraction of sp³-hybridized carbons (Fsp3) is 0.510. The lowest BCUT2D eigenvalue weighted by Crippen LogP contribution is -2.07. The van der Waals surface area contributed by atoms with E-state index < -0.39 is 34.9 Å². The maximum Gasteiger partial charge on any atom is 0.170 e. The Labute approximate surface area is 720 Å². The molecule has 0 bridgehead atoms. The number of rotatable bonds is 47. The molecule has 0 saturated carbocycles. The molecule has 0 spiro atoms. The van der Waals surface area contributed by atoms with Crippen molar-refractivity contribution < 1.29 is 26.3 Å². The van der Waals surface area contributed by atoms with E-state index in [2.05, 4.69) is 86.6 Å². The summed E-state index contributed by atoms with van der Waals surface area (Å²) >= 11 is 23.6. The Bertz CT molecular complexity index is 5170. The third-order valence-electron chi connectivity index (χ3n) is 23.8. The first-order valence-corrected chi connectivity index (χ1v) is 49.7. The van der Waals surface area contributed by atoms with Gasteiger partial charge in [0.1, 0.15) is 28.2 Å². The van der Waals surface area contributed by atoms with E-state index in [4.69, 9.17) is 43.1 Å². The molecule has 0 saturated heterocycles. The second kappa shape index (κ2) is 43.3. The summed E-state index contributed by atoms with van der Waals surface area (Å²) in [5, 5.41) is 3.48. The Morgan fingerprint density at radius 2 is 0.647 bits per heavy atom. The Morgan fingerprint density at radius 3 is 1.04 bits per heavy atom. The van der Waals surface area contributed by atoms with E-state index in [1.54, 1.807) is 65.2 Å². The van der Waals surface area contributed by atoms with Crippen molar-refractivity contribution in [3.05, 3.63) is 149 Å². The Hall–Kier alpha value is -5.56. The molecule has 2 unspecified atom stereocenters. The monoisotopic (exact) mass is 1730 g/mol. The smallest absolute Gasteiger partial charge is 0.170 e. The molecular weight excluding hydrogens is 1610 g/mol. The van der Waals surface area contributed by atoms with Gasteiger partial charge in [0.15, 0.2) is 23.3 Å². The van der Waals surface area contributed by atoms with E-state index in [-0.39, 0.29) is 59.7 Å². The number of nitrogens with zero attached hydrogens (tertiary/aromatic N) is 4. The molecule has 4 aromatic carbocycles. The van der Waals surface area contributed by atoms with Crippen LogP contribution in [0.15, 0.2) is 60.7 Å². The zero-order chi connectivity index (χ0) is 82.1. The van der Waals surface area contributed by atoms with Gasteiger partial charge in [0, 0.05) is 96.8 Å². The summed E-state index contributed by atoms with van der Waals surface area (Å²) in [4.78, 5) is 28.6. The van der Waals surface area contributed by atoms with E-state index in [1.165, 1.54) is 30.6 Å². The van der Waals surface area contributed by atoms with Crippen LogP contribution in [0.25, 0.3) is 115 Å². The Morgan fingerprint density at radius 1 is 0.319 bits per heavy atom. The highest BCUT2D eigenvalue weighted by molar-refractivity contribution is 7.25. The molecule has 12 aromatic rings. The summed E-state index contributed by atoms with van der Waals surface area (Å²) in [5.41, 5.74) is 6.06. The molecule has 4 nitrogen and oxygen atoms in total. The minimum absolute atomic E-state index is 0.0368. The molecule has 0 radical (unpaired) electrons. The lowest BCUT2D eigenvalue weighted by molar-refractivity contribution is 0.452. The van der Waals surface area contributed by atoms with Crippen LogP contribution in [-0.4, -0.2) is 19.9 Å². The number of unbranched alkanes of at least 4 members (excludes halogenated alkanes) is 22. The highest BCUT2D eigenvalue weighted by atomic mass is 35.5. The minimum Gasteiger partial charge on any atom is -0.249 e. The zero-order valence-electron chi connectivity index (χ0n) is 70.1. The molecule has 0 N–H and O–H groups in total. The van der Waals surface area contributed by atoms with Crippen LogP contribution >= 0.6 is 91.2 Å². The molecule has 0 fully saturated rings. The molecule has 0 aliphatic rings. The van der Waals surface area contributed by atoms with E-state index in [0.717, 1.165) is 322 Å². The van der Waals surface area contributed by atoms with E-state index in [9.17, 15) is 0 Å². The summed E-state index contributed by atoms with van der Waals surface area (Å²) in [6.07, 6.45) is 39.0. The molecule has 2 atom stereocenters. The van der Waals surface area contributed by atoms with Gasteiger partial charge in [0.05, 0.1) is 55.0 Å². The van der Waals surface area contributed by atoms with E-state index in [0.29, 0.717) is 57.7 Å². The average Bonchev–Trinajstić information content (AvgIpc) is 1.40. The van der Waals surface area contributed by atoms with Gasteiger partial charge in [-0.05, 0) is 151 Å². The highest BCUT2D eigenvalue weighted by Crippen LogP contribution is 2.57. The van der Waals surface area contributed by atoms with Crippen molar-refractivity contribution in [3.8, 4) is 73.1 Å². The molecule has 622 valence electrons. The van der Waals surface area contributed by atoms with Crippen molar-refractivity contribution in [3.63, 3.8) is 0 Å². The molecule has 0 aliphatic carbocycles. The Balaban J connectivity index is 0.987. The fourth-order valence-electron chi connectivity index (χ4n) is 16.9. The van der Waals surface area contributed by atoms with Crippen LogP contribution < -0.4 is 0 Å². The van der Waals surface area contributed by atoms with Crippen molar-refractivity contribution in [1.82, 2.24) is 19.9 Å². The average molecular weight is 1730 g/mol. The number of aryl methyl sites for hydroxylation is 6. The largest absolute Gasteiger partial charge is 0.249 e. The van der Waals surface area contributed by atoms with Gasteiger partial charge in [-0.1, -0.05) is 258 Å². The van der Waals surface area contributed by atoms with Crippen molar-refractivity contribution in [2.75, 3.05) is 0 Å². The van der Waals surface area contributed by atoms with E-state index in [1.807, 2.05) is 0 Å². The summed E-state index contributed by atoms with van der Waals surface area (Å²) in [6.45, 7) is 21.5. The normalized spacial score (nSPS) is 12.6. The van der Waals surface area contributed by atoms with Crippen molar-refractivity contribution in [2.24, 2.45) is 11.8 Å². The predicted molar refractivity (Wildman–Crippen MR) is 495 cm³/mol. The molecule has 0 amide bonds. The summed E-state index contributed by atoms with van der Waals surface area (Å²) in [5.74, 6) is -4.79. The van der Waals surface area contributed by atoms with Gasteiger partial charge in [0.2, 0.25) is 0 Å².